The SMILES string of the molecule is CC/C=C\C/C=C\C/C=C\C/C=C\C/C=C\CC(=O)OC(CO)COC(=O)CCCCCCCCC/C=C\C/C=C\C/C=C\CC. The van der Waals surface area contributed by atoms with E-state index in [4.69, 9.17) is 9.47 Å². The molecule has 0 saturated carbocycles. The fraction of sp³-hybridized carbons (Fsp3) is 0.561. The van der Waals surface area contributed by atoms with Gasteiger partial charge in [0.15, 0.2) is 6.10 Å². The Morgan fingerprint density at radius 2 is 0.935 bits per heavy atom. The van der Waals surface area contributed by atoms with E-state index in [9.17, 15) is 14.7 Å². The summed E-state index contributed by atoms with van der Waals surface area (Å²) in [5.41, 5.74) is 0. The molecule has 0 aliphatic rings. The molecule has 258 valence electrons. The highest BCUT2D eigenvalue weighted by Crippen LogP contribution is 2.11. The highest BCUT2D eigenvalue weighted by atomic mass is 16.6. The molecule has 0 saturated heterocycles. The minimum Gasteiger partial charge on any atom is -0.462 e. The van der Waals surface area contributed by atoms with Crippen LogP contribution in [0.4, 0.5) is 0 Å². The average molecular weight is 637 g/mol. The maximum Gasteiger partial charge on any atom is 0.310 e. The van der Waals surface area contributed by atoms with Crippen molar-refractivity contribution >= 4 is 11.9 Å². The second kappa shape index (κ2) is 36.3. The van der Waals surface area contributed by atoms with Crippen LogP contribution < -0.4 is 0 Å². The molecule has 1 unspecified atom stereocenters. The summed E-state index contributed by atoms with van der Waals surface area (Å²) in [6, 6.07) is 0. The lowest BCUT2D eigenvalue weighted by Crippen LogP contribution is -2.28. The topological polar surface area (TPSA) is 72.8 Å². The number of carbonyl (C=O) groups is 2. The summed E-state index contributed by atoms with van der Waals surface area (Å²) in [7, 11) is 0. The van der Waals surface area contributed by atoms with Crippen molar-refractivity contribution in [3.8, 4) is 0 Å². The molecule has 0 aromatic rings. The third-order valence-electron chi connectivity index (χ3n) is 6.91. The maximum absolute atomic E-state index is 12.1. The van der Waals surface area contributed by atoms with Gasteiger partial charge in [0.25, 0.3) is 0 Å². The molecule has 0 radical (unpaired) electrons. The molecule has 0 heterocycles. The molecule has 0 bridgehead atoms. The monoisotopic (exact) mass is 636 g/mol. The van der Waals surface area contributed by atoms with E-state index in [0.29, 0.717) is 6.42 Å². The third-order valence-corrected chi connectivity index (χ3v) is 6.91. The molecule has 1 N–H and O–H groups in total. The number of allylic oxidation sites excluding steroid dienone is 15. The molecule has 1 atom stereocenters. The lowest BCUT2D eigenvalue weighted by atomic mass is 10.1. The summed E-state index contributed by atoms with van der Waals surface area (Å²) in [5, 5.41) is 9.51. The van der Waals surface area contributed by atoms with Gasteiger partial charge in [-0.2, -0.15) is 0 Å². The average Bonchev–Trinajstić information content (AvgIpc) is 3.06. The normalized spacial score (nSPS) is 13.4. The molecule has 0 aliphatic carbocycles. The highest BCUT2D eigenvalue weighted by Gasteiger charge is 2.15. The number of rotatable bonds is 30. The van der Waals surface area contributed by atoms with Crippen LogP contribution in [0.25, 0.3) is 0 Å². The van der Waals surface area contributed by atoms with Gasteiger partial charge in [0.05, 0.1) is 13.0 Å². The molecular weight excluding hydrogens is 572 g/mol. The van der Waals surface area contributed by atoms with Crippen LogP contribution >= 0.6 is 0 Å². The number of ether oxygens (including phenoxy) is 2. The number of hydrogen-bond acceptors (Lipinski definition) is 5. The number of aliphatic hydroxyl groups is 1. The predicted molar refractivity (Wildman–Crippen MR) is 195 cm³/mol. The van der Waals surface area contributed by atoms with Gasteiger partial charge in [0.1, 0.15) is 6.61 Å². The van der Waals surface area contributed by atoms with Crippen molar-refractivity contribution in [3.63, 3.8) is 0 Å². The first kappa shape index (κ1) is 42.8. The number of hydrogen-bond donors (Lipinski definition) is 1. The van der Waals surface area contributed by atoms with Crippen LogP contribution in [0.5, 0.6) is 0 Å². The van der Waals surface area contributed by atoms with Gasteiger partial charge < -0.3 is 14.6 Å². The minimum absolute atomic E-state index is 0.115. The van der Waals surface area contributed by atoms with Gasteiger partial charge in [-0.1, -0.05) is 143 Å². The summed E-state index contributed by atoms with van der Waals surface area (Å²) in [6.07, 6.45) is 50.5. The van der Waals surface area contributed by atoms with Crippen LogP contribution in [0.3, 0.4) is 0 Å². The molecule has 0 spiro atoms. The van der Waals surface area contributed by atoms with E-state index in [0.717, 1.165) is 77.0 Å². The first-order chi connectivity index (χ1) is 22.6. The Balaban J connectivity index is 3.75. The number of esters is 2. The Kier molecular flexibility index (Phi) is 33.8. The van der Waals surface area contributed by atoms with Crippen molar-refractivity contribution in [1.82, 2.24) is 0 Å². The molecule has 0 aliphatic heterocycles. The van der Waals surface area contributed by atoms with Crippen LogP contribution in [-0.4, -0.2) is 36.4 Å². The van der Waals surface area contributed by atoms with E-state index < -0.39 is 12.1 Å². The van der Waals surface area contributed by atoms with E-state index in [1.807, 2.05) is 6.08 Å². The Hall–Kier alpha value is -3.18. The minimum atomic E-state index is -0.835. The third kappa shape index (κ3) is 33.7. The summed E-state index contributed by atoms with van der Waals surface area (Å²) in [5.74, 6) is -0.762. The molecule has 0 aromatic carbocycles. The number of carbonyl (C=O) groups excluding carboxylic acids is 2. The van der Waals surface area contributed by atoms with Gasteiger partial charge in [-0.25, -0.2) is 0 Å². The quantitative estimate of drug-likeness (QED) is 0.0482. The fourth-order valence-electron chi connectivity index (χ4n) is 4.29. The van der Waals surface area contributed by atoms with Crippen LogP contribution in [0, 0.1) is 0 Å². The first-order valence-corrected chi connectivity index (χ1v) is 17.8. The van der Waals surface area contributed by atoms with Gasteiger partial charge in [0.2, 0.25) is 0 Å². The fourth-order valence-corrected chi connectivity index (χ4v) is 4.29. The summed E-state index contributed by atoms with van der Waals surface area (Å²) >= 11 is 0. The molecule has 5 heteroatoms. The van der Waals surface area contributed by atoms with Crippen molar-refractivity contribution in [1.29, 1.82) is 0 Å². The summed E-state index contributed by atoms with van der Waals surface area (Å²) in [6.45, 7) is 3.79. The Morgan fingerprint density at radius 1 is 0.522 bits per heavy atom. The van der Waals surface area contributed by atoms with Crippen molar-refractivity contribution < 1.29 is 24.2 Å². The molecule has 5 nitrogen and oxygen atoms in total. The number of unbranched alkanes of at least 4 members (excludes halogenated alkanes) is 7. The van der Waals surface area contributed by atoms with Gasteiger partial charge in [-0.3, -0.25) is 9.59 Å². The largest absolute Gasteiger partial charge is 0.462 e. The van der Waals surface area contributed by atoms with E-state index >= 15 is 0 Å². The lowest BCUT2D eigenvalue weighted by Gasteiger charge is -2.15. The van der Waals surface area contributed by atoms with Crippen molar-refractivity contribution in [3.05, 3.63) is 97.2 Å². The standard InChI is InChI=1S/C41H64O5/c1-3-5-7-9-11-13-15-17-19-20-22-23-25-27-29-31-33-35-40(43)45-38-39(37-42)46-41(44)36-34-32-30-28-26-24-21-18-16-14-12-10-8-6-4-2/h5-8,11-14,17-19,21,26,28,32,34,39,42H,3-4,9-10,15-16,20,22-25,27,29-31,33,35-38H2,1-2H3/b7-5-,8-6-,13-11-,14-12-,19-17-,21-18-,28-26-,34-32-. The Bertz CT molecular complexity index is 948. The van der Waals surface area contributed by atoms with Gasteiger partial charge in [-0.15, -0.1) is 0 Å². The van der Waals surface area contributed by atoms with Gasteiger partial charge in [-0.05, 0) is 70.6 Å². The predicted octanol–water partition coefficient (Wildman–Crippen LogP) is 10.9. The maximum atomic E-state index is 12.1. The molecule has 0 rings (SSSR count). The van der Waals surface area contributed by atoms with Crippen LogP contribution in [-0.2, 0) is 19.1 Å². The molecule has 0 fully saturated rings. The Morgan fingerprint density at radius 3 is 1.41 bits per heavy atom. The van der Waals surface area contributed by atoms with Crippen molar-refractivity contribution in [2.24, 2.45) is 0 Å². The van der Waals surface area contributed by atoms with E-state index in [1.165, 1.54) is 25.7 Å². The summed E-state index contributed by atoms with van der Waals surface area (Å²) in [4.78, 5) is 24.1. The van der Waals surface area contributed by atoms with Crippen molar-refractivity contribution in [2.75, 3.05) is 13.2 Å². The van der Waals surface area contributed by atoms with Crippen LogP contribution in [0.1, 0.15) is 129 Å². The molecule has 0 aromatic heterocycles. The van der Waals surface area contributed by atoms with Crippen LogP contribution in [0.15, 0.2) is 97.2 Å². The summed E-state index contributed by atoms with van der Waals surface area (Å²) < 4.78 is 10.5. The lowest BCUT2D eigenvalue weighted by molar-refractivity contribution is -0.160. The second-order valence-electron chi connectivity index (χ2n) is 11.2. The van der Waals surface area contributed by atoms with E-state index in [2.05, 4.69) is 98.9 Å². The van der Waals surface area contributed by atoms with Crippen molar-refractivity contribution in [2.45, 2.75) is 136 Å². The highest BCUT2D eigenvalue weighted by molar-refractivity contribution is 5.71. The zero-order valence-corrected chi connectivity index (χ0v) is 29.0. The zero-order valence-electron chi connectivity index (χ0n) is 29.0. The van der Waals surface area contributed by atoms with E-state index in [-0.39, 0.29) is 25.6 Å². The second-order valence-corrected chi connectivity index (χ2v) is 11.2. The molecular formula is C41H64O5. The van der Waals surface area contributed by atoms with Gasteiger partial charge >= 0.3 is 11.9 Å². The zero-order chi connectivity index (χ0) is 33.6. The van der Waals surface area contributed by atoms with E-state index in [1.54, 1.807) is 6.08 Å². The molecule has 46 heavy (non-hydrogen) atoms. The Labute approximate surface area is 281 Å². The smallest absolute Gasteiger partial charge is 0.310 e. The van der Waals surface area contributed by atoms with Gasteiger partial charge in [0, 0.05) is 6.42 Å². The molecule has 0 amide bonds. The first-order valence-electron chi connectivity index (χ1n) is 17.8. The number of aliphatic hydroxyl groups excluding tert-OH is 1. The van der Waals surface area contributed by atoms with Crippen LogP contribution in [0.2, 0.25) is 0 Å².